The van der Waals surface area contributed by atoms with Crippen LogP contribution in [0.1, 0.15) is 25.0 Å². The summed E-state index contributed by atoms with van der Waals surface area (Å²) >= 11 is 0. The molecule has 1 atom stereocenters. The summed E-state index contributed by atoms with van der Waals surface area (Å²) in [7, 11) is 0. The fraction of sp³-hybridized carbons (Fsp3) is 0.333. The molecule has 1 unspecified atom stereocenters. The highest BCUT2D eigenvalue weighted by Gasteiger charge is 2.35. The first-order chi connectivity index (χ1) is 10.5. The number of carbonyl (C=O) groups excluding carboxylic acids is 1. The van der Waals surface area contributed by atoms with Crippen molar-refractivity contribution in [2.45, 2.75) is 26.2 Å². The number of nitrogens with two attached hydrogens (primary N) is 1. The van der Waals surface area contributed by atoms with E-state index < -0.39 is 5.41 Å². The van der Waals surface area contributed by atoms with E-state index in [1.807, 2.05) is 50.2 Å². The highest BCUT2D eigenvalue weighted by molar-refractivity contribution is 5.85. The van der Waals surface area contributed by atoms with Crippen molar-refractivity contribution in [3.05, 3.63) is 53.7 Å². The molecule has 0 radical (unpaired) electrons. The van der Waals surface area contributed by atoms with Gasteiger partial charge >= 0.3 is 5.97 Å². The molecule has 0 fully saturated rings. The Hall–Kier alpha value is -1.91. The summed E-state index contributed by atoms with van der Waals surface area (Å²) in [5.41, 5.74) is 8.84. The van der Waals surface area contributed by atoms with Gasteiger partial charge in [-0.25, -0.2) is 0 Å². The summed E-state index contributed by atoms with van der Waals surface area (Å²) in [6, 6.07) is 11.7. The quantitative estimate of drug-likeness (QED) is 0.852. The van der Waals surface area contributed by atoms with E-state index in [4.69, 9.17) is 10.5 Å². The Morgan fingerprint density at radius 1 is 1.30 bits per heavy atom. The maximum atomic E-state index is 12.3. The van der Waals surface area contributed by atoms with Crippen LogP contribution in [0, 0.1) is 6.92 Å². The molecular weight excluding hydrogens is 312 g/mol. The van der Waals surface area contributed by atoms with Crippen molar-refractivity contribution in [2.24, 2.45) is 5.73 Å². The van der Waals surface area contributed by atoms with Gasteiger partial charge in [0.2, 0.25) is 0 Å². The zero-order valence-corrected chi connectivity index (χ0v) is 14.5. The molecule has 0 amide bonds. The van der Waals surface area contributed by atoms with Crippen LogP contribution in [0.3, 0.4) is 0 Å². The van der Waals surface area contributed by atoms with E-state index in [9.17, 15) is 4.79 Å². The van der Waals surface area contributed by atoms with Crippen LogP contribution in [-0.4, -0.2) is 24.1 Å². The number of pyridine rings is 1. The van der Waals surface area contributed by atoms with Crippen LogP contribution in [-0.2, 0) is 14.9 Å². The predicted molar refractivity (Wildman–Crippen MR) is 94.7 cm³/mol. The maximum absolute atomic E-state index is 12.3. The molecule has 0 saturated carbocycles. The Labute approximate surface area is 143 Å². The van der Waals surface area contributed by atoms with Crippen LogP contribution in [0.5, 0.6) is 0 Å². The molecule has 2 aromatic rings. The molecular formula is C18H23ClN2O2. The number of rotatable bonds is 5. The molecule has 2 rings (SSSR count). The van der Waals surface area contributed by atoms with Gasteiger partial charge in [-0.1, -0.05) is 18.2 Å². The third kappa shape index (κ3) is 4.09. The van der Waals surface area contributed by atoms with Gasteiger partial charge < -0.3 is 10.5 Å². The van der Waals surface area contributed by atoms with Gasteiger partial charge in [0.05, 0.1) is 12.3 Å². The molecule has 0 spiro atoms. The van der Waals surface area contributed by atoms with E-state index in [2.05, 4.69) is 4.98 Å². The van der Waals surface area contributed by atoms with Crippen LogP contribution in [0.15, 0.2) is 42.6 Å². The molecule has 2 N–H and O–H groups in total. The SMILES string of the molecule is CCOC(=O)C(C)(CN)c1cccc(-c2cc(C)ccn2)c1.Cl. The Kier molecular flexibility index (Phi) is 6.73. The fourth-order valence-corrected chi connectivity index (χ4v) is 2.33. The highest BCUT2D eigenvalue weighted by Crippen LogP contribution is 2.28. The van der Waals surface area contributed by atoms with Gasteiger partial charge in [0.1, 0.15) is 5.41 Å². The molecule has 124 valence electrons. The summed E-state index contributed by atoms with van der Waals surface area (Å²) < 4.78 is 5.18. The largest absolute Gasteiger partial charge is 0.465 e. The molecule has 4 nitrogen and oxygen atoms in total. The predicted octanol–water partition coefficient (Wildman–Crippen LogP) is 3.26. The molecule has 23 heavy (non-hydrogen) atoms. The van der Waals surface area contributed by atoms with Gasteiger partial charge in [0.15, 0.2) is 0 Å². The summed E-state index contributed by atoms with van der Waals surface area (Å²) in [5, 5.41) is 0. The van der Waals surface area contributed by atoms with Crippen LogP contribution < -0.4 is 5.73 Å². The number of aromatic nitrogens is 1. The van der Waals surface area contributed by atoms with Crippen molar-refractivity contribution >= 4 is 18.4 Å². The van der Waals surface area contributed by atoms with Gasteiger partial charge in [0.25, 0.3) is 0 Å². The first-order valence-corrected chi connectivity index (χ1v) is 7.42. The lowest BCUT2D eigenvalue weighted by molar-refractivity contribution is -0.149. The average molecular weight is 335 g/mol. The van der Waals surface area contributed by atoms with E-state index in [-0.39, 0.29) is 24.9 Å². The lowest BCUT2D eigenvalue weighted by atomic mass is 9.81. The van der Waals surface area contributed by atoms with Gasteiger partial charge in [-0.2, -0.15) is 0 Å². The van der Waals surface area contributed by atoms with Gasteiger partial charge in [-0.05, 0) is 50.1 Å². The molecule has 0 aliphatic rings. The topological polar surface area (TPSA) is 65.2 Å². The number of carbonyl (C=O) groups is 1. The monoisotopic (exact) mass is 334 g/mol. The number of aryl methyl sites for hydroxylation is 1. The van der Waals surface area contributed by atoms with E-state index in [0.29, 0.717) is 6.61 Å². The van der Waals surface area contributed by atoms with Crippen molar-refractivity contribution in [2.75, 3.05) is 13.2 Å². The molecule has 0 aliphatic carbocycles. The first kappa shape index (κ1) is 19.1. The van der Waals surface area contributed by atoms with Gasteiger partial charge in [-0.15, -0.1) is 12.4 Å². The molecule has 0 aliphatic heterocycles. The first-order valence-electron chi connectivity index (χ1n) is 7.42. The highest BCUT2D eigenvalue weighted by atomic mass is 35.5. The Morgan fingerprint density at radius 2 is 2.04 bits per heavy atom. The summed E-state index contributed by atoms with van der Waals surface area (Å²) in [4.78, 5) is 16.7. The zero-order valence-electron chi connectivity index (χ0n) is 13.7. The molecule has 1 aromatic carbocycles. The molecule has 0 bridgehead atoms. The molecule has 0 saturated heterocycles. The van der Waals surface area contributed by atoms with Crippen LogP contribution in [0.25, 0.3) is 11.3 Å². The Morgan fingerprint density at radius 3 is 2.65 bits per heavy atom. The molecule has 5 heteroatoms. The average Bonchev–Trinajstić information content (AvgIpc) is 2.54. The van der Waals surface area contributed by atoms with Crippen molar-refractivity contribution in [1.82, 2.24) is 4.98 Å². The second-order valence-corrected chi connectivity index (χ2v) is 5.56. The molecule has 1 aromatic heterocycles. The lowest BCUT2D eigenvalue weighted by Gasteiger charge is -2.26. The summed E-state index contributed by atoms with van der Waals surface area (Å²) in [6.45, 7) is 6.16. The van der Waals surface area contributed by atoms with E-state index in [1.165, 1.54) is 0 Å². The summed E-state index contributed by atoms with van der Waals surface area (Å²) in [6.07, 6.45) is 1.78. The lowest BCUT2D eigenvalue weighted by Crippen LogP contribution is -2.41. The van der Waals surface area contributed by atoms with E-state index in [0.717, 1.165) is 22.4 Å². The van der Waals surface area contributed by atoms with Crippen LogP contribution in [0.4, 0.5) is 0 Å². The van der Waals surface area contributed by atoms with E-state index >= 15 is 0 Å². The number of benzene rings is 1. The second kappa shape index (κ2) is 8.09. The Balaban J connectivity index is 0.00000264. The second-order valence-electron chi connectivity index (χ2n) is 5.56. The maximum Gasteiger partial charge on any atom is 0.317 e. The Bertz CT molecular complexity index is 676. The third-order valence-electron chi connectivity index (χ3n) is 3.85. The van der Waals surface area contributed by atoms with Crippen molar-refractivity contribution < 1.29 is 9.53 Å². The number of ether oxygens (including phenoxy) is 1. The number of hydrogen-bond donors (Lipinski definition) is 1. The fourth-order valence-electron chi connectivity index (χ4n) is 2.33. The summed E-state index contributed by atoms with van der Waals surface area (Å²) in [5.74, 6) is -0.299. The van der Waals surface area contributed by atoms with Crippen molar-refractivity contribution in [1.29, 1.82) is 0 Å². The smallest absolute Gasteiger partial charge is 0.317 e. The van der Waals surface area contributed by atoms with Gasteiger partial charge in [0, 0.05) is 18.3 Å². The number of hydrogen-bond acceptors (Lipinski definition) is 4. The number of halogens is 1. The van der Waals surface area contributed by atoms with Crippen LogP contribution in [0.2, 0.25) is 0 Å². The molecule has 1 heterocycles. The number of esters is 1. The van der Waals surface area contributed by atoms with Crippen molar-refractivity contribution in [3.8, 4) is 11.3 Å². The third-order valence-corrected chi connectivity index (χ3v) is 3.85. The standard InChI is InChI=1S/C18H22N2O2.ClH/c1-4-22-17(21)18(3,12-19)15-7-5-6-14(11-15)16-10-13(2)8-9-20-16;/h5-11H,4,12,19H2,1-3H3;1H. The van der Waals surface area contributed by atoms with Gasteiger partial charge in [-0.3, -0.25) is 9.78 Å². The minimum Gasteiger partial charge on any atom is -0.465 e. The normalized spacial score (nSPS) is 12.9. The van der Waals surface area contributed by atoms with Crippen LogP contribution >= 0.6 is 12.4 Å². The van der Waals surface area contributed by atoms with Crippen molar-refractivity contribution in [3.63, 3.8) is 0 Å². The zero-order chi connectivity index (χ0) is 16.2. The minimum absolute atomic E-state index is 0. The minimum atomic E-state index is -0.851. The van der Waals surface area contributed by atoms with E-state index in [1.54, 1.807) is 13.1 Å². The number of nitrogens with zero attached hydrogens (tertiary/aromatic N) is 1.